The van der Waals surface area contributed by atoms with E-state index in [-0.39, 0.29) is 24.1 Å². The summed E-state index contributed by atoms with van der Waals surface area (Å²) in [5, 5.41) is 3.49. The molecule has 4 amide bonds. The number of anilines is 2. The molecule has 4 aromatic heterocycles. The number of imide groups is 2. The molecule has 288 valence electrons. The van der Waals surface area contributed by atoms with Gasteiger partial charge in [-0.2, -0.15) is 8.78 Å². The van der Waals surface area contributed by atoms with Crippen LogP contribution in [-0.4, -0.2) is 105 Å². The summed E-state index contributed by atoms with van der Waals surface area (Å²) in [6.45, 7) is 2.56. The van der Waals surface area contributed by atoms with Gasteiger partial charge in [0.15, 0.2) is 11.6 Å². The molecule has 4 aliphatic rings. The summed E-state index contributed by atoms with van der Waals surface area (Å²) in [5.74, 6) is -1.32. The summed E-state index contributed by atoms with van der Waals surface area (Å²) in [6.07, 6.45) is 7.65. The number of aromatic nitrogens is 4. The topological polar surface area (TPSA) is 137 Å². The van der Waals surface area contributed by atoms with Crippen molar-refractivity contribution in [2.75, 3.05) is 55.6 Å². The van der Waals surface area contributed by atoms with Crippen LogP contribution in [0.15, 0.2) is 61.1 Å². The van der Waals surface area contributed by atoms with Crippen LogP contribution in [0, 0.1) is 11.7 Å². The number of rotatable bonds is 8. The molecule has 9 rings (SSSR count). The Kier molecular flexibility index (Phi) is 9.14. The average Bonchev–Trinajstić information content (AvgIpc) is 3.67. The molecule has 0 aliphatic carbocycles. The minimum Gasteiger partial charge on any atom is -0.354 e. The highest BCUT2D eigenvalue weighted by molar-refractivity contribution is 6.22. The lowest BCUT2D eigenvalue weighted by molar-refractivity contribution is -0.136. The molecule has 1 N–H and O–H groups in total. The third kappa shape index (κ3) is 6.30. The van der Waals surface area contributed by atoms with Crippen LogP contribution in [0.1, 0.15) is 59.5 Å². The molecule has 16 heteroatoms. The van der Waals surface area contributed by atoms with Gasteiger partial charge in [-0.3, -0.25) is 43.8 Å². The molecule has 1 aromatic carbocycles. The van der Waals surface area contributed by atoms with Crippen LogP contribution in [0.2, 0.25) is 0 Å². The highest BCUT2D eigenvalue weighted by Gasteiger charge is 2.46. The summed E-state index contributed by atoms with van der Waals surface area (Å²) in [6, 6.07) is 10.5. The lowest BCUT2D eigenvalue weighted by Crippen LogP contribution is -2.54. The summed E-state index contributed by atoms with van der Waals surface area (Å²) >= 11 is 0. The Labute approximate surface area is 319 Å². The van der Waals surface area contributed by atoms with Crippen molar-refractivity contribution in [2.45, 2.75) is 44.7 Å². The Balaban J connectivity index is 0.770. The van der Waals surface area contributed by atoms with Crippen molar-refractivity contribution >= 4 is 57.1 Å². The van der Waals surface area contributed by atoms with Gasteiger partial charge in [-0.05, 0) is 74.0 Å². The number of carbonyl (C=O) groups excluding carboxylic acids is 4. The molecule has 0 radical (unpaired) electrons. The van der Waals surface area contributed by atoms with Gasteiger partial charge in [-0.1, -0.05) is 12.1 Å². The van der Waals surface area contributed by atoms with E-state index in [1.165, 1.54) is 12.3 Å². The molecular formula is C40H38F3N9O4. The molecule has 0 spiro atoms. The first kappa shape index (κ1) is 35.8. The number of alkyl halides is 2. The fourth-order valence-electron chi connectivity index (χ4n) is 8.61. The van der Waals surface area contributed by atoms with E-state index < -0.39 is 42.0 Å². The lowest BCUT2D eigenvalue weighted by Gasteiger charge is -2.37. The van der Waals surface area contributed by atoms with Crippen molar-refractivity contribution in [3.8, 4) is 11.1 Å². The van der Waals surface area contributed by atoms with Crippen molar-refractivity contribution in [3.63, 3.8) is 0 Å². The van der Waals surface area contributed by atoms with Gasteiger partial charge in [0.05, 0.1) is 16.6 Å². The van der Waals surface area contributed by atoms with E-state index in [0.717, 1.165) is 48.4 Å². The number of nitrogens with zero attached hydrogens (tertiary/aromatic N) is 8. The zero-order valence-corrected chi connectivity index (χ0v) is 30.3. The molecule has 8 heterocycles. The Morgan fingerprint density at radius 3 is 2.36 bits per heavy atom. The second kappa shape index (κ2) is 14.3. The minimum atomic E-state index is -2.75. The fraction of sp³-hybridized carbons (Fsp3) is 0.375. The van der Waals surface area contributed by atoms with Gasteiger partial charge in [-0.25, -0.2) is 14.4 Å². The van der Waals surface area contributed by atoms with Crippen molar-refractivity contribution in [2.24, 2.45) is 5.92 Å². The van der Waals surface area contributed by atoms with Gasteiger partial charge in [-0.15, -0.1) is 0 Å². The number of piperidine rings is 2. The standard InChI is InChI=1S/C40H38F3N9O4/c41-29-19-25(24-1-2-26-28-22-44-11-7-30(28)51(40(42)43)32(26)20-24)21-45-36(29)50-13-9-23(10-14-50)8-12-48-15-17-49(18-16-48)33-5-3-27-35(46-33)39(56)52(38(27)55)31-4-6-34(53)47-37(31)54/h1-3,5,7,11,19-23,31,40H,4,6,8-10,12-18H2,(H,47,53,54). The van der Waals surface area contributed by atoms with E-state index >= 15 is 4.39 Å². The van der Waals surface area contributed by atoms with E-state index in [4.69, 9.17) is 0 Å². The van der Waals surface area contributed by atoms with Crippen LogP contribution in [0.3, 0.4) is 0 Å². The number of carbonyl (C=O) groups is 4. The van der Waals surface area contributed by atoms with Crippen LogP contribution >= 0.6 is 0 Å². The average molecular weight is 766 g/mol. The second-order valence-corrected chi connectivity index (χ2v) is 14.9. The molecule has 56 heavy (non-hydrogen) atoms. The number of piperazine rings is 1. The predicted octanol–water partition coefficient (Wildman–Crippen LogP) is 5.01. The van der Waals surface area contributed by atoms with Gasteiger partial charge in [0.2, 0.25) is 11.8 Å². The third-order valence-electron chi connectivity index (χ3n) is 11.7. The van der Waals surface area contributed by atoms with Crippen LogP contribution in [0.25, 0.3) is 32.9 Å². The van der Waals surface area contributed by atoms with Gasteiger partial charge < -0.3 is 9.80 Å². The number of halogens is 3. The van der Waals surface area contributed by atoms with Crippen molar-refractivity contribution < 1.29 is 32.3 Å². The Morgan fingerprint density at radius 1 is 0.804 bits per heavy atom. The predicted molar refractivity (Wildman–Crippen MR) is 201 cm³/mol. The molecule has 1 unspecified atom stereocenters. The van der Waals surface area contributed by atoms with Gasteiger partial charge in [0.1, 0.15) is 17.6 Å². The summed E-state index contributed by atoms with van der Waals surface area (Å²) in [7, 11) is 0. The van der Waals surface area contributed by atoms with Gasteiger partial charge >= 0.3 is 6.55 Å². The monoisotopic (exact) mass is 765 g/mol. The zero-order chi connectivity index (χ0) is 38.7. The summed E-state index contributed by atoms with van der Waals surface area (Å²) < 4.78 is 44.8. The maximum absolute atomic E-state index is 15.6. The number of benzene rings is 1. The van der Waals surface area contributed by atoms with Gasteiger partial charge in [0, 0.05) is 80.6 Å². The van der Waals surface area contributed by atoms with E-state index in [0.29, 0.717) is 76.7 Å². The zero-order valence-electron chi connectivity index (χ0n) is 30.3. The first-order valence-corrected chi connectivity index (χ1v) is 18.9. The highest BCUT2D eigenvalue weighted by Crippen LogP contribution is 2.36. The molecule has 3 saturated heterocycles. The maximum atomic E-state index is 15.6. The molecule has 1 atom stereocenters. The minimum absolute atomic E-state index is 0.0319. The number of nitrogens with one attached hydrogen (secondary N) is 1. The van der Waals surface area contributed by atoms with E-state index in [9.17, 15) is 28.0 Å². The molecular weight excluding hydrogens is 727 g/mol. The molecule has 5 aromatic rings. The number of pyridine rings is 3. The fourth-order valence-corrected chi connectivity index (χ4v) is 8.61. The van der Waals surface area contributed by atoms with E-state index in [1.807, 2.05) is 4.90 Å². The third-order valence-corrected chi connectivity index (χ3v) is 11.7. The SMILES string of the molecule is O=C1CCC(N2C(=O)c3ccc(N4CCN(CCC5CCN(c6ncc(-c7ccc8c9cnccc9n(C(F)F)c8c7)cc6F)CC5)CC4)nc3C2=O)C(=O)N1. The lowest BCUT2D eigenvalue weighted by atomic mass is 9.93. The van der Waals surface area contributed by atoms with Crippen LogP contribution in [-0.2, 0) is 9.59 Å². The first-order chi connectivity index (χ1) is 27.1. The highest BCUT2D eigenvalue weighted by atomic mass is 19.3. The smallest absolute Gasteiger partial charge is 0.319 e. The van der Waals surface area contributed by atoms with E-state index in [1.54, 1.807) is 48.8 Å². The number of fused-ring (bicyclic) bond motifs is 4. The molecule has 13 nitrogen and oxygen atoms in total. The van der Waals surface area contributed by atoms with Crippen LogP contribution in [0.5, 0.6) is 0 Å². The summed E-state index contributed by atoms with van der Waals surface area (Å²) in [4.78, 5) is 70.8. The van der Waals surface area contributed by atoms with Crippen molar-refractivity contribution in [3.05, 3.63) is 78.1 Å². The number of hydrogen-bond acceptors (Lipinski definition) is 10. The summed E-state index contributed by atoms with van der Waals surface area (Å²) in [5.41, 5.74) is 2.04. The second-order valence-electron chi connectivity index (χ2n) is 14.9. The number of amides is 4. The Bertz CT molecular complexity index is 2410. The molecule has 0 bridgehead atoms. The quantitative estimate of drug-likeness (QED) is 0.215. The number of hydrogen-bond donors (Lipinski definition) is 1. The van der Waals surface area contributed by atoms with Crippen molar-refractivity contribution in [1.29, 1.82) is 0 Å². The van der Waals surface area contributed by atoms with Crippen LogP contribution < -0.4 is 15.1 Å². The molecule has 3 fully saturated rings. The maximum Gasteiger partial charge on any atom is 0.319 e. The first-order valence-electron chi connectivity index (χ1n) is 18.9. The van der Waals surface area contributed by atoms with Crippen molar-refractivity contribution in [1.82, 2.24) is 34.6 Å². The normalized spacial score (nSPS) is 19.9. The molecule has 0 saturated carbocycles. The molecule has 4 aliphatic heterocycles. The largest absolute Gasteiger partial charge is 0.354 e. The van der Waals surface area contributed by atoms with E-state index in [2.05, 4.69) is 30.1 Å². The van der Waals surface area contributed by atoms with Gasteiger partial charge in [0.25, 0.3) is 11.8 Å². The Hall–Kier alpha value is -5.90. The Morgan fingerprint density at radius 2 is 1.61 bits per heavy atom. The van der Waals surface area contributed by atoms with Crippen LogP contribution in [0.4, 0.5) is 24.8 Å².